The molecule has 4 atom stereocenters. The van der Waals surface area contributed by atoms with Crippen molar-refractivity contribution >= 4 is 15.9 Å². The van der Waals surface area contributed by atoms with Gasteiger partial charge in [0.1, 0.15) is 29.0 Å². The summed E-state index contributed by atoms with van der Waals surface area (Å²) in [4.78, 5) is 4.44. The highest BCUT2D eigenvalue weighted by Gasteiger charge is 2.54. The first kappa shape index (κ1) is 14.5. The number of hydrogen-bond acceptors (Lipinski definition) is 4. The van der Waals surface area contributed by atoms with Crippen molar-refractivity contribution in [2.75, 3.05) is 7.05 Å². The fourth-order valence-corrected chi connectivity index (χ4v) is 4.91. The first-order chi connectivity index (χ1) is 9.84. The van der Waals surface area contributed by atoms with Crippen LogP contribution in [-0.2, 0) is 14.8 Å². The third-order valence-corrected chi connectivity index (χ3v) is 6.58. The van der Waals surface area contributed by atoms with Crippen molar-refractivity contribution in [2.24, 2.45) is 4.99 Å². The normalized spacial score (nSPS) is 34.5. The zero-order chi connectivity index (χ0) is 15.4. The lowest BCUT2D eigenvalue weighted by Crippen LogP contribution is -2.50. The number of benzene rings is 1. The fraction of sp³-hybridized carbons (Fsp3) is 0.500. The minimum absolute atomic E-state index is 0.355. The van der Waals surface area contributed by atoms with Crippen LogP contribution in [0.25, 0.3) is 0 Å². The lowest BCUT2D eigenvalue weighted by atomic mass is 10.0. The van der Waals surface area contributed by atoms with E-state index in [2.05, 4.69) is 4.99 Å². The van der Waals surface area contributed by atoms with Gasteiger partial charge in [0.15, 0.2) is 0 Å². The molecule has 3 rings (SSSR count). The Morgan fingerprint density at radius 1 is 1.33 bits per heavy atom. The summed E-state index contributed by atoms with van der Waals surface area (Å²) in [6, 6.07) is 5.65. The second-order valence-electron chi connectivity index (χ2n) is 5.43. The molecule has 0 N–H and O–H groups in total. The third-order valence-electron chi connectivity index (χ3n) is 4.20. The molecule has 7 heteroatoms. The van der Waals surface area contributed by atoms with E-state index in [0.29, 0.717) is 11.4 Å². The van der Waals surface area contributed by atoms with E-state index < -0.39 is 39.3 Å². The summed E-state index contributed by atoms with van der Waals surface area (Å²) in [6.07, 6.45) is -1.21. The fourth-order valence-electron chi connectivity index (χ4n) is 3.03. The van der Waals surface area contributed by atoms with Crippen molar-refractivity contribution in [3.8, 4) is 0 Å². The Bertz CT molecular complexity index is 704. The number of sulfonamides is 1. The van der Waals surface area contributed by atoms with Crippen molar-refractivity contribution in [3.05, 3.63) is 35.6 Å². The average Bonchev–Trinajstić information content (AvgIpc) is 2.74. The van der Waals surface area contributed by atoms with E-state index in [1.54, 1.807) is 32.0 Å². The molecule has 0 amide bonds. The summed E-state index contributed by atoms with van der Waals surface area (Å²) in [5.74, 6) is -0.00480. The van der Waals surface area contributed by atoms with Gasteiger partial charge in [-0.3, -0.25) is 9.30 Å². The smallest absolute Gasteiger partial charge is 0.243 e. The molecule has 1 aromatic rings. The molecule has 21 heavy (non-hydrogen) atoms. The number of nitrogens with zero attached hydrogens (tertiary/aromatic N) is 2. The number of halogens is 1. The molecular formula is C14H17FN2O3S. The highest BCUT2D eigenvalue weighted by Crippen LogP contribution is 2.42. The van der Waals surface area contributed by atoms with Crippen LogP contribution in [0.4, 0.5) is 4.39 Å². The van der Waals surface area contributed by atoms with Gasteiger partial charge in [-0.2, -0.15) is 0 Å². The summed E-state index contributed by atoms with van der Waals surface area (Å²) in [7, 11) is -2.06. The van der Waals surface area contributed by atoms with Crippen LogP contribution in [-0.4, -0.2) is 43.0 Å². The van der Waals surface area contributed by atoms with E-state index in [4.69, 9.17) is 4.74 Å². The molecule has 0 aromatic heterocycles. The van der Waals surface area contributed by atoms with Gasteiger partial charge in [-0.1, -0.05) is 18.2 Å². The van der Waals surface area contributed by atoms with E-state index >= 15 is 0 Å². The largest absolute Gasteiger partial charge is 0.367 e. The lowest BCUT2D eigenvalue weighted by molar-refractivity contribution is 0.0502. The molecule has 2 aliphatic rings. The van der Waals surface area contributed by atoms with Crippen LogP contribution < -0.4 is 0 Å². The summed E-state index contributed by atoms with van der Waals surface area (Å²) in [6.45, 7) is 3.33. The standard InChI is InChI=1S/C14H17FN2O3S/c1-8-14-12(16-9(2)17(3)21(14,18)19)13(20-8)10-6-4-5-7-11(10)15/h4-8,12-14H,1-3H3/t8?,12-,13?,14+/m0/s1. The Balaban J connectivity index is 2.11. The van der Waals surface area contributed by atoms with Gasteiger partial charge in [0, 0.05) is 12.6 Å². The van der Waals surface area contributed by atoms with Gasteiger partial charge in [-0.05, 0) is 19.9 Å². The van der Waals surface area contributed by atoms with Crippen molar-refractivity contribution in [3.63, 3.8) is 0 Å². The third kappa shape index (κ3) is 2.06. The van der Waals surface area contributed by atoms with E-state index in [1.807, 2.05) is 0 Å². The van der Waals surface area contributed by atoms with Gasteiger partial charge in [0.05, 0.1) is 6.10 Å². The number of rotatable bonds is 1. The van der Waals surface area contributed by atoms with Crippen LogP contribution in [0.3, 0.4) is 0 Å². The average molecular weight is 312 g/mol. The van der Waals surface area contributed by atoms with Crippen molar-refractivity contribution in [2.45, 2.75) is 37.3 Å². The number of amidine groups is 1. The van der Waals surface area contributed by atoms with Crippen LogP contribution in [0.5, 0.6) is 0 Å². The molecular weight excluding hydrogens is 295 g/mol. The van der Waals surface area contributed by atoms with Crippen LogP contribution in [0, 0.1) is 5.82 Å². The van der Waals surface area contributed by atoms with Crippen LogP contribution >= 0.6 is 0 Å². The van der Waals surface area contributed by atoms with E-state index in [1.165, 1.54) is 17.4 Å². The summed E-state index contributed by atoms with van der Waals surface area (Å²) in [5, 5.41) is -0.782. The SMILES string of the molecule is CC1=N[C@H]2C(c3ccccc3F)OC(C)[C@H]2S(=O)(=O)N1C. The number of hydrogen-bond donors (Lipinski definition) is 0. The Labute approximate surface area is 123 Å². The maximum absolute atomic E-state index is 14.0. The lowest BCUT2D eigenvalue weighted by Gasteiger charge is -2.32. The summed E-state index contributed by atoms with van der Waals surface area (Å²) >= 11 is 0. The van der Waals surface area contributed by atoms with E-state index in [-0.39, 0.29) is 0 Å². The number of aliphatic imine (C=N–C) groups is 1. The Morgan fingerprint density at radius 2 is 2.00 bits per heavy atom. The minimum Gasteiger partial charge on any atom is -0.367 e. The number of ether oxygens (including phenoxy) is 1. The van der Waals surface area contributed by atoms with E-state index in [0.717, 1.165) is 0 Å². The highest BCUT2D eigenvalue weighted by molar-refractivity contribution is 7.90. The van der Waals surface area contributed by atoms with Gasteiger partial charge >= 0.3 is 0 Å². The first-order valence-electron chi connectivity index (χ1n) is 6.76. The molecule has 1 aromatic carbocycles. The van der Waals surface area contributed by atoms with Gasteiger partial charge in [0.25, 0.3) is 0 Å². The molecule has 0 aliphatic carbocycles. The van der Waals surface area contributed by atoms with Crippen molar-refractivity contribution in [1.29, 1.82) is 0 Å². The Kier molecular flexibility index (Phi) is 3.29. The van der Waals surface area contributed by atoms with Gasteiger partial charge in [-0.15, -0.1) is 0 Å². The Hall–Kier alpha value is -1.47. The van der Waals surface area contributed by atoms with E-state index in [9.17, 15) is 12.8 Å². The summed E-state index contributed by atoms with van der Waals surface area (Å²) in [5.41, 5.74) is 0.355. The predicted molar refractivity (Wildman–Crippen MR) is 77.1 cm³/mol. The monoisotopic (exact) mass is 312 g/mol. The van der Waals surface area contributed by atoms with Gasteiger partial charge in [-0.25, -0.2) is 12.8 Å². The molecule has 0 bridgehead atoms. The summed E-state index contributed by atoms with van der Waals surface area (Å²) < 4.78 is 46.0. The maximum atomic E-state index is 14.0. The van der Waals surface area contributed by atoms with Gasteiger partial charge < -0.3 is 4.74 Å². The topological polar surface area (TPSA) is 59.0 Å². The second-order valence-corrected chi connectivity index (χ2v) is 7.55. The quantitative estimate of drug-likeness (QED) is 0.793. The Morgan fingerprint density at radius 3 is 2.67 bits per heavy atom. The van der Waals surface area contributed by atoms with Gasteiger partial charge in [0.2, 0.25) is 10.0 Å². The molecule has 2 unspecified atom stereocenters. The van der Waals surface area contributed by atoms with Crippen molar-refractivity contribution in [1.82, 2.24) is 4.31 Å². The molecule has 0 spiro atoms. The minimum atomic E-state index is -3.54. The molecule has 0 radical (unpaired) electrons. The predicted octanol–water partition coefficient (Wildman–Crippen LogP) is 1.72. The molecule has 114 valence electrons. The molecule has 1 saturated heterocycles. The first-order valence-corrected chi connectivity index (χ1v) is 8.26. The van der Waals surface area contributed by atoms with Crippen LogP contribution in [0.2, 0.25) is 0 Å². The second kappa shape index (κ2) is 4.78. The molecule has 2 heterocycles. The zero-order valence-electron chi connectivity index (χ0n) is 12.0. The molecule has 0 saturated carbocycles. The van der Waals surface area contributed by atoms with Crippen LogP contribution in [0.1, 0.15) is 25.5 Å². The molecule has 2 aliphatic heterocycles. The maximum Gasteiger partial charge on any atom is 0.243 e. The van der Waals surface area contributed by atoms with Crippen LogP contribution in [0.15, 0.2) is 29.3 Å². The van der Waals surface area contributed by atoms with Crippen molar-refractivity contribution < 1.29 is 17.5 Å². The molecule has 1 fully saturated rings. The highest BCUT2D eigenvalue weighted by atomic mass is 32.2. The molecule has 5 nitrogen and oxygen atoms in total. The zero-order valence-corrected chi connectivity index (χ0v) is 12.8. The number of fused-ring (bicyclic) bond motifs is 1.